The van der Waals surface area contributed by atoms with Gasteiger partial charge in [0.25, 0.3) is 0 Å². The van der Waals surface area contributed by atoms with Gasteiger partial charge in [-0.3, -0.25) is 10.3 Å². The first-order valence-corrected chi connectivity index (χ1v) is 2.93. The highest BCUT2D eigenvalue weighted by Crippen LogP contribution is 2.07. The van der Waals surface area contributed by atoms with Crippen molar-refractivity contribution in [1.29, 1.82) is 0 Å². The summed E-state index contributed by atoms with van der Waals surface area (Å²) in [4.78, 5) is 5.07. The number of hydrogen-bond acceptors (Lipinski definition) is 2. The molecule has 0 saturated carbocycles. The highest BCUT2D eigenvalue weighted by Gasteiger charge is 2.09. The summed E-state index contributed by atoms with van der Waals surface area (Å²) in [5.41, 5.74) is 3.90. The average molecular weight is 113 g/mol. The van der Waals surface area contributed by atoms with E-state index < -0.39 is 0 Å². The number of hydrogen-bond donors (Lipinski definition) is 1. The highest BCUT2D eigenvalue weighted by atomic mass is 16.7. The summed E-state index contributed by atoms with van der Waals surface area (Å²) < 4.78 is 0. The van der Waals surface area contributed by atoms with Crippen LogP contribution in [0.4, 0.5) is 0 Å². The first kappa shape index (κ1) is 5.63. The molecule has 0 radical (unpaired) electrons. The van der Waals surface area contributed by atoms with Crippen molar-refractivity contribution in [1.82, 2.24) is 5.48 Å². The predicted molar refractivity (Wildman–Crippen MR) is 32.1 cm³/mol. The largest absolute Gasteiger partial charge is 0.271 e. The number of hydroxylamine groups is 1. The topological polar surface area (TPSA) is 21.3 Å². The van der Waals surface area contributed by atoms with E-state index in [1.807, 2.05) is 6.92 Å². The normalized spacial score (nSPS) is 27.2. The van der Waals surface area contributed by atoms with E-state index in [-0.39, 0.29) is 0 Å². The molecule has 1 rings (SSSR count). The quantitative estimate of drug-likeness (QED) is 0.551. The van der Waals surface area contributed by atoms with Crippen LogP contribution in [0.5, 0.6) is 0 Å². The maximum absolute atomic E-state index is 5.07. The molecule has 1 aliphatic rings. The van der Waals surface area contributed by atoms with Gasteiger partial charge in [-0.1, -0.05) is 6.92 Å². The fourth-order valence-electron chi connectivity index (χ4n) is 0.717. The summed E-state index contributed by atoms with van der Waals surface area (Å²) >= 11 is 0. The average Bonchev–Trinajstić information content (AvgIpc) is 2.14. The fraction of sp³-hybridized carbons (Fsp3) is 0.667. The molecule has 0 bridgehead atoms. The monoisotopic (exact) mass is 113 g/mol. The van der Waals surface area contributed by atoms with Crippen molar-refractivity contribution in [3.63, 3.8) is 0 Å². The van der Waals surface area contributed by atoms with Crippen molar-refractivity contribution in [2.45, 2.75) is 26.4 Å². The molecule has 2 heteroatoms. The van der Waals surface area contributed by atoms with Gasteiger partial charge < -0.3 is 0 Å². The van der Waals surface area contributed by atoms with Crippen molar-refractivity contribution >= 4 is 0 Å². The third-order valence-electron chi connectivity index (χ3n) is 1.21. The first-order chi connectivity index (χ1) is 3.83. The Balaban J connectivity index is 2.41. The van der Waals surface area contributed by atoms with E-state index in [9.17, 15) is 0 Å². The van der Waals surface area contributed by atoms with Gasteiger partial charge in [-0.2, -0.15) is 0 Å². The molecule has 1 N–H and O–H groups in total. The Labute approximate surface area is 49.5 Å². The van der Waals surface area contributed by atoms with Crippen LogP contribution >= 0.6 is 0 Å². The molecule has 0 fully saturated rings. The molecule has 0 amide bonds. The third kappa shape index (κ3) is 1.01. The Morgan fingerprint density at radius 1 is 1.88 bits per heavy atom. The maximum Gasteiger partial charge on any atom is 0.105 e. The number of nitrogens with one attached hydrogen (secondary N) is 1. The van der Waals surface area contributed by atoms with E-state index in [4.69, 9.17) is 4.84 Å². The lowest BCUT2D eigenvalue weighted by molar-refractivity contribution is 0.0409. The van der Waals surface area contributed by atoms with Crippen molar-refractivity contribution in [3.8, 4) is 0 Å². The van der Waals surface area contributed by atoms with Gasteiger partial charge in [-0.15, -0.1) is 0 Å². The zero-order chi connectivity index (χ0) is 5.98. The Hall–Kier alpha value is -0.500. The second-order valence-electron chi connectivity index (χ2n) is 2.02. The van der Waals surface area contributed by atoms with E-state index in [0.29, 0.717) is 6.10 Å². The Morgan fingerprint density at radius 2 is 2.62 bits per heavy atom. The Bertz CT molecular complexity index is 109. The lowest BCUT2D eigenvalue weighted by Crippen LogP contribution is -2.09. The van der Waals surface area contributed by atoms with Gasteiger partial charge in [-0.05, 0) is 19.4 Å². The van der Waals surface area contributed by atoms with E-state index >= 15 is 0 Å². The van der Waals surface area contributed by atoms with Gasteiger partial charge >= 0.3 is 0 Å². The molecule has 0 aromatic carbocycles. The summed E-state index contributed by atoms with van der Waals surface area (Å²) in [5.74, 6) is 0. The van der Waals surface area contributed by atoms with Gasteiger partial charge in [0, 0.05) is 5.70 Å². The van der Waals surface area contributed by atoms with Crippen LogP contribution in [0.3, 0.4) is 0 Å². The summed E-state index contributed by atoms with van der Waals surface area (Å²) in [5, 5.41) is 0. The second kappa shape index (κ2) is 2.18. The molecule has 1 aliphatic heterocycles. The smallest absolute Gasteiger partial charge is 0.105 e. The SMILES string of the molecule is CCC1C=C(C)NO1. The van der Waals surface area contributed by atoms with E-state index in [1.165, 1.54) is 0 Å². The van der Waals surface area contributed by atoms with Crippen LogP contribution in [0.25, 0.3) is 0 Å². The Morgan fingerprint density at radius 3 is 2.88 bits per heavy atom. The first-order valence-electron chi connectivity index (χ1n) is 2.93. The highest BCUT2D eigenvalue weighted by molar-refractivity contribution is 5.01. The fourth-order valence-corrected chi connectivity index (χ4v) is 0.717. The zero-order valence-electron chi connectivity index (χ0n) is 5.27. The second-order valence-corrected chi connectivity index (χ2v) is 2.02. The lowest BCUT2D eigenvalue weighted by atomic mass is 10.2. The van der Waals surface area contributed by atoms with Crippen molar-refractivity contribution in [3.05, 3.63) is 11.8 Å². The van der Waals surface area contributed by atoms with Gasteiger partial charge in [0.2, 0.25) is 0 Å². The minimum Gasteiger partial charge on any atom is -0.271 e. The van der Waals surface area contributed by atoms with Crippen LogP contribution in [0, 0.1) is 0 Å². The molecule has 1 atom stereocenters. The molecule has 0 spiro atoms. The van der Waals surface area contributed by atoms with Gasteiger partial charge in [0.1, 0.15) is 6.10 Å². The molecule has 0 aliphatic carbocycles. The molecule has 1 unspecified atom stereocenters. The van der Waals surface area contributed by atoms with Gasteiger partial charge in [0.15, 0.2) is 0 Å². The molecular formula is C6H11NO. The minimum atomic E-state index is 0.301. The van der Waals surface area contributed by atoms with Crippen molar-refractivity contribution in [2.75, 3.05) is 0 Å². The summed E-state index contributed by atoms with van der Waals surface area (Å²) in [6.45, 7) is 4.09. The molecule has 8 heavy (non-hydrogen) atoms. The van der Waals surface area contributed by atoms with Crippen LogP contribution in [-0.2, 0) is 4.84 Å². The summed E-state index contributed by atoms with van der Waals surface area (Å²) in [6.07, 6.45) is 3.43. The van der Waals surface area contributed by atoms with Gasteiger partial charge in [0.05, 0.1) is 0 Å². The maximum atomic E-state index is 5.07. The molecule has 0 aromatic rings. The van der Waals surface area contributed by atoms with Crippen LogP contribution in [-0.4, -0.2) is 6.10 Å². The molecular weight excluding hydrogens is 102 g/mol. The summed E-state index contributed by atoms with van der Waals surface area (Å²) in [6, 6.07) is 0. The molecule has 46 valence electrons. The lowest BCUT2D eigenvalue weighted by Gasteiger charge is -2.00. The summed E-state index contributed by atoms with van der Waals surface area (Å²) in [7, 11) is 0. The Kier molecular flexibility index (Phi) is 1.53. The molecule has 1 heterocycles. The van der Waals surface area contributed by atoms with E-state index in [2.05, 4.69) is 18.5 Å². The number of allylic oxidation sites excluding steroid dienone is 1. The van der Waals surface area contributed by atoms with E-state index in [0.717, 1.165) is 12.1 Å². The van der Waals surface area contributed by atoms with Crippen LogP contribution in [0.15, 0.2) is 11.8 Å². The molecule has 0 aromatic heterocycles. The zero-order valence-corrected chi connectivity index (χ0v) is 5.27. The van der Waals surface area contributed by atoms with Crippen LogP contribution in [0.2, 0.25) is 0 Å². The van der Waals surface area contributed by atoms with Crippen LogP contribution < -0.4 is 5.48 Å². The van der Waals surface area contributed by atoms with E-state index in [1.54, 1.807) is 0 Å². The van der Waals surface area contributed by atoms with Crippen molar-refractivity contribution < 1.29 is 4.84 Å². The molecule has 2 nitrogen and oxygen atoms in total. The third-order valence-corrected chi connectivity index (χ3v) is 1.21. The van der Waals surface area contributed by atoms with Gasteiger partial charge in [-0.25, -0.2) is 0 Å². The molecule has 0 saturated heterocycles. The van der Waals surface area contributed by atoms with Crippen LogP contribution in [0.1, 0.15) is 20.3 Å². The predicted octanol–water partition coefficient (Wildman–Crippen LogP) is 1.20. The number of rotatable bonds is 1. The van der Waals surface area contributed by atoms with Crippen molar-refractivity contribution in [2.24, 2.45) is 0 Å². The standard InChI is InChI=1S/C6H11NO/c1-3-6-4-5(2)7-8-6/h4,6-7H,3H2,1-2H3. The minimum absolute atomic E-state index is 0.301.